The van der Waals surface area contributed by atoms with Crippen LogP contribution < -0.4 is 15.9 Å². The number of nitrogens with one attached hydrogen (secondary N) is 1. The zero-order valence-electron chi connectivity index (χ0n) is 13.8. The number of piperidine rings is 1. The molecule has 2 fully saturated rings. The summed E-state index contributed by atoms with van der Waals surface area (Å²) in [6.07, 6.45) is 8.33. The summed E-state index contributed by atoms with van der Waals surface area (Å²) in [5.41, 5.74) is 6.71. The monoisotopic (exact) mass is 335 g/mol. The summed E-state index contributed by atoms with van der Waals surface area (Å²) in [7, 11) is 0. The van der Waals surface area contributed by atoms with Crippen LogP contribution in [0.15, 0.2) is 12.4 Å². The molecule has 1 saturated heterocycles. The fourth-order valence-corrected chi connectivity index (χ4v) is 3.11. The molecule has 2 unspecified atom stereocenters. The lowest BCUT2D eigenvalue weighted by atomic mass is 9.84. The second-order valence-corrected chi connectivity index (χ2v) is 6.46. The Hall–Kier alpha value is -1.77. The third kappa shape index (κ3) is 4.00. The van der Waals surface area contributed by atoms with Crippen molar-refractivity contribution >= 4 is 11.6 Å². The molecule has 1 aliphatic carbocycles. The molecule has 2 aliphatic rings. The molecular formula is C16H25N5O3. The van der Waals surface area contributed by atoms with Gasteiger partial charge in [-0.1, -0.05) is 6.42 Å². The van der Waals surface area contributed by atoms with Crippen molar-refractivity contribution in [1.29, 1.82) is 0 Å². The number of rotatable bonds is 8. The van der Waals surface area contributed by atoms with Crippen molar-refractivity contribution < 1.29 is 14.4 Å². The number of ketones is 2. The van der Waals surface area contributed by atoms with Gasteiger partial charge in [0.05, 0.1) is 24.5 Å². The van der Waals surface area contributed by atoms with Gasteiger partial charge in [-0.05, 0) is 38.9 Å². The van der Waals surface area contributed by atoms with E-state index in [1.165, 1.54) is 24.1 Å². The first-order valence-corrected chi connectivity index (χ1v) is 8.61. The fourth-order valence-electron chi connectivity index (χ4n) is 3.11. The average Bonchev–Trinajstić information content (AvgIpc) is 3.05. The summed E-state index contributed by atoms with van der Waals surface area (Å²) in [5.74, 6) is -0.903. The van der Waals surface area contributed by atoms with Gasteiger partial charge in [0.25, 0.3) is 0 Å². The highest BCUT2D eigenvalue weighted by Crippen LogP contribution is 2.12. The summed E-state index contributed by atoms with van der Waals surface area (Å²) in [6.45, 7) is 4.27. The van der Waals surface area contributed by atoms with E-state index in [1.807, 2.05) is 12.4 Å². The van der Waals surface area contributed by atoms with E-state index in [9.17, 15) is 9.59 Å². The second-order valence-electron chi connectivity index (χ2n) is 6.46. The normalized spacial score (nSPS) is 24.9. The summed E-state index contributed by atoms with van der Waals surface area (Å²) in [6, 6.07) is -1.22. The van der Waals surface area contributed by atoms with Crippen LogP contribution in [0.25, 0.3) is 0 Å². The molecule has 1 aromatic heterocycles. The number of aromatic nitrogens is 2. The van der Waals surface area contributed by atoms with Crippen LogP contribution in [0.2, 0.25) is 0 Å². The first-order valence-electron chi connectivity index (χ1n) is 8.61. The van der Waals surface area contributed by atoms with E-state index in [-0.39, 0.29) is 0 Å². The summed E-state index contributed by atoms with van der Waals surface area (Å²) >= 11 is 0. The molecule has 0 spiro atoms. The number of likely N-dealkylation sites (tertiary alicyclic amines) is 1. The highest BCUT2D eigenvalue weighted by atomic mass is 16.7. The van der Waals surface area contributed by atoms with Gasteiger partial charge in [0.1, 0.15) is 6.61 Å². The van der Waals surface area contributed by atoms with Crippen LogP contribution in [-0.4, -0.2) is 64.7 Å². The Bertz CT molecular complexity index is 582. The maximum atomic E-state index is 11.3. The molecule has 1 aliphatic heterocycles. The SMILES string of the molecule is NC1C(=O)C(=O)C1NCCCOn1cc(CN2CCCCC2)cn1. The van der Waals surface area contributed by atoms with Gasteiger partial charge < -0.3 is 15.9 Å². The molecule has 8 heteroatoms. The van der Waals surface area contributed by atoms with Crippen LogP contribution in [0.5, 0.6) is 0 Å². The molecule has 1 saturated carbocycles. The number of hydrogen-bond acceptors (Lipinski definition) is 7. The highest BCUT2D eigenvalue weighted by Gasteiger charge is 2.46. The van der Waals surface area contributed by atoms with Crippen molar-refractivity contribution in [3.8, 4) is 0 Å². The van der Waals surface area contributed by atoms with Gasteiger partial charge in [0, 0.05) is 12.1 Å². The van der Waals surface area contributed by atoms with Gasteiger partial charge in [-0.3, -0.25) is 14.5 Å². The van der Waals surface area contributed by atoms with E-state index in [0.717, 1.165) is 25.2 Å². The number of carbonyl (C=O) groups is 2. The molecule has 132 valence electrons. The Kier molecular flexibility index (Phi) is 5.60. The Balaban J connectivity index is 1.31. The molecule has 2 heterocycles. The van der Waals surface area contributed by atoms with Crippen LogP contribution in [0.1, 0.15) is 31.2 Å². The molecule has 3 N–H and O–H groups in total. The third-order valence-corrected chi connectivity index (χ3v) is 4.56. The Morgan fingerprint density at radius 3 is 2.79 bits per heavy atom. The van der Waals surface area contributed by atoms with Gasteiger partial charge in [-0.15, -0.1) is 9.94 Å². The molecular weight excluding hydrogens is 310 g/mol. The van der Waals surface area contributed by atoms with Crippen molar-refractivity contribution in [1.82, 2.24) is 20.2 Å². The van der Waals surface area contributed by atoms with Gasteiger partial charge in [-0.25, -0.2) is 0 Å². The van der Waals surface area contributed by atoms with E-state index < -0.39 is 23.7 Å². The number of nitrogens with two attached hydrogens (primary N) is 1. The Morgan fingerprint density at radius 1 is 1.25 bits per heavy atom. The smallest absolute Gasteiger partial charge is 0.219 e. The van der Waals surface area contributed by atoms with Gasteiger partial charge in [0.15, 0.2) is 0 Å². The molecule has 1 aromatic rings. The minimum atomic E-state index is -0.693. The quantitative estimate of drug-likeness (QED) is 0.470. The van der Waals surface area contributed by atoms with E-state index in [0.29, 0.717) is 19.6 Å². The molecule has 0 radical (unpaired) electrons. The van der Waals surface area contributed by atoms with Crippen molar-refractivity contribution in [3.63, 3.8) is 0 Å². The number of hydrogen-bond donors (Lipinski definition) is 2. The zero-order valence-corrected chi connectivity index (χ0v) is 13.8. The zero-order chi connectivity index (χ0) is 16.9. The van der Waals surface area contributed by atoms with Crippen molar-refractivity contribution in [3.05, 3.63) is 18.0 Å². The average molecular weight is 335 g/mol. The highest BCUT2D eigenvalue weighted by molar-refractivity contribution is 6.48. The summed E-state index contributed by atoms with van der Waals surface area (Å²) in [4.78, 5) is 31.8. The Labute approximate surface area is 141 Å². The van der Waals surface area contributed by atoms with E-state index in [1.54, 1.807) is 0 Å². The molecule has 2 atom stereocenters. The first-order chi connectivity index (χ1) is 11.6. The number of Topliss-reactive ketones (excluding diaryl/α,β-unsaturated/α-hetero) is 2. The predicted octanol–water partition coefficient (Wildman–Crippen LogP) is -0.875. The molecule has 0 bridgehead atoms. The van der Waals surface area contributed by atoms with Crippen LogP contribution in [-0.2, 0) is 16.1 Å². The number of carbonyl (C=O) groups excluding carboxylic acids is 2. The molecule has 24 heavy (non-hydrogen) atoms. The van der Waals surface area contributed by atoms with Crippen molar-refractivity contribution in [2.75, 3.05) is 26.2 Å². The summed E-state index contributed by atoms with van der Waals surface area (Å²) in [5, 5.41) is 7.19. The maximum absolute atomic E-state index is 11.3. The number of nitrogens with zero attached hydrogens (tertiary/aromatic N) is 3. The van der Waals surface area contributed by atoms with E-state index in [4.69, 9.17) is 10.6 Å². The van der Waals surface area contributed by atoms with Crippen LogP contribution in [0.4, 0.5) is 0 Å². The van der Waals surface area contributed by atoms with E-state index in [2.05, 4.69) is 15.3 Å². The molecule has 0 amide bonds. The fraction of sp³-hybridized carbons (Fsp3) is 0.688. The minimum Gasteiger partial charge on any atom is -0.397 e. The van der Waals surface area contributed by atoms with Gasteiger partial charge in [0.2, 0.25) is 11.6 Å². The Morgan fingerprint density at radius 2 is 2.04 bits per heavy atom. The lowest BCUT2D eigenvalue weighted by Crippen LogP contribution is -2.68. The predicted molar refractivity (Wildman–Crippen MR) is 87.2 cm³/mol. The maximum Gasteiger partial charge on any atom is 0.219 e. The van der Waals surface area contributed by atoms with Gasteiger partial charge >= 0.3 is 0 Å². The second kappa shape index (κ2) is 7.87. The topological polar surface area (TPSA) is 102 Å². The van der Waals surface area contributed by atoms with Crippen molar-refractivity contribution in [2.45, 2.75) is 44.3 Å². The first kappa shape index (κ1) is 17.1. The van der Waals surface area contributed by atoms with Crippen LogP contribution in [0.3, 0.4) is 0 Å². The lowest BCUT2D eigenvalue weighted by Gasteiger charge is -2.30. The van der Waals surface area contributed by atoms with Gasteiger partial charge in [-0.2, -0.15) is 0 Å². The molecule has 8 nitrogen and oxygen atoms in total. The third-order valence-electron chi connectivity index (χ3n) is 4.56. The standard InChI is InChI=1S/C16H25N5O3/c17-13-14(16(23)15(13)22)18-5-4-8-24-21-11-12(9-19-21)10-20-6-2-1-3-7-20/h9,11,13-14,18H,1-8,10,17H2. The lowest BCUT2D eigenvalue weighted by molar-refractivity contribution is -0.146. The van der Waals surface area contributed by atoms with E-state index >= 15 is 0 Å². The van der Waals surface area contributed by atoms with Crippen LogP contribution in [0, 0.1) is 0 Å². The van der Waals surface area contributed by atoms with Crippen LogP contribution >= 0.6 is 0 Å². The summed E-state index contributed by atoms with van der Waals surface area (Å²) < 4.78 is 0. The van der Waals surface area contributed by atoms with Crippen molar-refractivity contribution in [2.24, 2.45) is 5.73 Å². The molecule has 0 aromatic carbocycles. The largest absolute Gasteiger partial charge is 0.397 e. The molecule has 3 rings (SSSR count). The minimum absolute atomic E-state index is 0.419.